The van der Waals surface area contributed by atoms with E-state index in [0.717, 1.165) is 38.7 Å². The van der Waals surface area contributed by atoms with Crippen LogP contribution in [-0.4, -0.2) is 37.9 Å². The Kier molecular flexibility index (Phi) is 4.29. The summed E-state index contributed by atoms with van der Waals surface area (Å²) in [6.45, 7) is 4.30. The lowest BCUT2D eigenvalue weighted by atomic mass is 10.3. The number of ether oxygens (including phenoxy) is 1. The molecule has 2 rings (SSSR count). The highest BCUT2D eigenvalue weighted by Gasteiger charge is 2.10. The molecule has 1 N–H and O–H groups in total. The van der Waals surface area contributed by atoms with Gasteiger partial charge in [0.15, 0.2) is 0 Å². The van der Waals surface area contributed by atoms with Crippen molar-refractivity contribution in [1.82, 2.24) is 4.90 Å². The van der Waals surface area contributed by atoms with Gasteiger partial charge < -0.3 is 10.1 Å². The topological polar surface area (TPSA) is 24.5 Å². The first kappa shape index (κ1) is 12.0. The van der Waals surface area contributed by atoms with Crippen molar-refractivity contribution >= 4 is 28.9 Å². The Hall–Kier alpha value is -0.480. The van der Waals surface area contributed by atoms with Crippen LogP contribution in [0.4, 0.5) is 5.69 Å². The zero-order valence-electron chi connectivity index (χ0n) is 8.88. The number of hydrogen-bond donors (Lipinski definition) is 1. The van der Waals surface area contributed by atoms with Gasteiger partial charge in [-0.2, -0.15) is 0 Å². The molecule has 1 heterocycles. The van der Waals surface area contributed by atoms with Crippen molar-refractivity contribution in [3.8, 4) is 0 Å². The van der Waals surface area contributed by atoms with Crippen LogP contribution in [0.1, 0.15) is 0 Å². The van der Waals surface area contributed by atoms with Crippen LogP contribution in [0.3, 0.4) is 0 Å². The van der Waals surface area contributed by atoms with E-state index in [0.29, 0.717) is 10.0 Å². The van der Waals surface area contributed by atoms with E-state index in [9.17, 15) is 0 Å². The number of hydrogen-bond acceptors (Lipinski definition) is 3. The molecule has 1 aromatic rings. The van der Waals surface area contributed by atoms with Gasteiger partial charge in [0.2, 0.25) is 0 Å². The molecule has 0 amide bonds. The van der Waals surface area contributed by atoms with Crippen molar-refractivity contribution < 1.29 is 4.74 Å². The van der Waals surface area contributed by atoms with Crippen molar-refractivity contribution in [3.63, 3.8) is 0 Å². The number of halogens is 2. The fourth-order valence-electron chi connectivity index (χ4n) is 1.59. The van der Waals surface area contributed by atoms with E-state index in [2.05, 4.69) is 10.2 Å². The second kappa shape index (κ2) is 5.73. The number of morpholine rings is 1. The van der Waals surface area contributed by atoms with Crippen LogP contribution in [0.2, 0.25) is 10.0 Å². The lowest BCUT2D eigenvalue weighted by molar-refractivity contribution is 0.0414. The highest BCUT2D eigenvalue weighted by Crippen LogP contribution is 2.25. The van der Waals surface area contributed by atoms with Crippen LogP contribution in [0, 0.1) is 0 Å². The molecule has 1 aliphatic heterocycles. The van der Waals surface area contributed by atoms with Gasteiger partial charge in [-0.1, -0.05) is 23.2 Å². The summed E-state index contributed by atoms with van der Waals surface area (Å²) in [5.41, 5.74) is 0.914. The Balaban J connectivity index is 1.88. The molecule has 0 aliphatic carbocycles. The summed E-state index contributed by atoms with van der Waals surface area (Å²) in [7, 11) is 0. The minimum absolute atomic E-state index is 0.653. The van der Waals surface area contributed by atoms with E-state index in [-0.39, 0.29) is 0 Å². The van der Waals surface area contributed by atoms with Crippen LogP contribution in [0.5, 0.6) is 0 Å². The molecule has 0 unspecified atom stereocenters. The fraction of sp³-hybridized carbons (Fsp3) is 0.455. The quantitative estimate of drug-likeness (QED) is 0.905. The van der Waals surface area contributed by atoms with Crippen LogP contribution >= 0.6 is 23.2 Å². The zero-order valence-corrected chi connectivity index (χ0v) is 10.4. The number of anilines is 1. The van der Waals surface area contributed by atoms with Gasteiger partial charge >= 0.3 is 0 Å². The summed E-state index contributed by atoms with van der Waals surface area (Å²) in [5, 5.41) is 4.60. The third kappa shape index (κ3) is 3.25. The average Bonchev–Trinajstić information content (AvgIpc) is 2.29. The molecule has 0 aromatic heterocycles. The molecule has 1 aliphatic rings. The largest absolute Gasteiger partial charge is 0.379 e. The zero-order chi connectivity index (χ0) is 11.4. The number of rotatable bonds is 3. The molecule has 1 aromatic carbocycles. The van der Waals surface area contributed by atoms with E-state index in [1.807, 2.05) is 12.1 Å². The van der Waals surface area contributed by atoms with E-state index in [1.165, 1.54) is 0 Å². The second-order valence-electron chi connectivity index (χ2n) is 3.69. The average molecular weight is 261 g/mol. The Morgan fingerprint density at radius 3 is 2.69 bits per heavy atom. The summed E-state index contributed by atoms with van der Waals surface area (Å²) in [6.07, 6.45) is 0. The minimum atomic E-state index is 0.653. The second-order valence-corrected chi connectivity index (χ2v) is 4.53. The van der Waals surface area contributed by atoms with Crippen LogP contribution in [0.15, 0.2) is 18.2 Å². The van der Waals surface area contributed by atoms with E-state index < -0.39 is 0 Å². The maximum Gasteiger partial charge on any atom is 0.0680 e. The standard InChI is InChI=1S/C11H14Cl2N2O/c12-9-1-2-11(10(13)7-9)14-8-15-3-5-16-6-4-15/h1-2,7,14H,3-6,8H2. The number of nitrogens with one attached hydrogen (secondary N) is 1. The molecule has 0 saturated carbocycles. The summed E-state index contributed by atoms with van der Waals surface area (Å²) in [6, 6.07) is 5.46. The molecule has 0 bridgehead atoms. The van der Waals surface area contributed by atoms with Gasteiger partial charge in [-0.05, 0) is 18.2 Å². The lowest BCUT2D eigenvalue weighted by Gasteiger charge is -2.27. The van der Waals surface area contributed by atoms with Crippen molar-refractivity contribution in [2.24, 2.45) is 0 Å². The maximum atomic E-state index is 6.06. The molecule has 0 atom stereocenters. The van der Waals surface area contributed by atoms with Gasteiger partial charge in [0.05, 0.1) is 30.6 Å². The van der Waals surface area contributed by atoms with Gasteiger partial charge in [0.25, 0.3) is 0 Å². The summed E-state index contributed by atoms with van der Waals surface area (Å²) >= 11 is 11.9. The number of benzene rings is 1. The Bertz CT molecular complexity index is 354. The van der Waals surface area contributed by atoms with Crippen LogP contribution < -0.4 is 5.32 Å². The van der Waals surface area contributed by atoms with Crippen molar-refractivity contribution in [2.75, 3.05) is 38.3 Å². The lowest BCUT2D eigenvalue weighted by Crippen LogP contribution is -2.39. The van der Waals surface area contributed by atoms with Gasteiger partial charge in [0, 0.05) is 18.1 Å². The highest BCUT2D eigenvalue weighted by molar-refractivity contribution is 6.36. The summed E-state index contributed by atoms with van der Waals surface area (Å²) in [5.74, 6) is 0. The molecular formula is C11H14Cl2N2O. The molecular weight excluding hydrogens is 247 g/mol. The molecule has 88 valence electrons. The van der Waals surface area contributed by atoms with Crippen LogP contribution in [0.25, 0.3) is 0 Å². The monoisotopic (exact) mass is 260 g/mol. The summed E-state index contributed by atoms with van der Waals surface area (Å²) < 4.78 is 5.28. The van der Waals surface area contributed by atoms with Gasteiger partial charge in [0.1, 0.15) is 0 Å². The molecule has 3 nitrogen and oxygen atoms in total. The third-order valence-electron chi connectivity index (χ3n) is 2.53. The van der Waals surface area contributed by atoms with Gasteiger partial charge in [-0.15, -0.1) is 0 Å². The predicted molar refractivity (Wildman–Crippen MR) is 67.3 cm³/mol. The molecule has 1 saturated heterocycles. The minimum Gasteiger partial charge on any atom is -0.379 e. The molecule has 5 heteroatoms. The molecule has 1 fully saturated rings. The Morgan fingerprint density at radius 1 is 1.25 bits per heavy atom. The van der Waals surface area contributed by atoms with Crippen LogP contribution in [-0.2, 0) is 4.74 Å². The SMILES string of the molecule is Clc1ccc(NCN2CCOCC2)c(Cl)c1. The smallest absolute Gasteiger partial charge is 0.0680 e. The van der Waals surface area contributed by atoms with E-state index in [1.54, 1.807) is 6.07 Å². The first-order chi connectivity index (χ1) is 7.75. The highest BCUT2D eigenvalue weighted by atomic mass is 35.5. The molecule has 16 heavy (non-hydrogen) atoms. The molecule has 0 radical (unpaired) electrons. The third-order valence-corrected chi connectivity index (χ3v) is 3.08. The van der Waals surface area contributed by atoms with Crippen molar-refractivity contribution in [1.29, 1.82) is 0 Å². The summed E-state index contributed by atoms with van der Waals surface area (Å²) in [4.78, 5) is 2.29. The Morgan fingerprint density at radius 2 is 2.00 bits per heavy atom. The normalized spacial score (nSPS) is 17.4. The van der Waals surface area contributed by atoms with E-state index in [4.69, 9.17) is 27.9 Å². The Labute approximate surface area is 105 Å². The first-order valence-corrected chi connectivity index (χ1v) is 6.00. The van der Waals surface area contributed by atoms with E-state index >= 15 is 0 Å². The van der Waals surface area contributed by atoms with Crippen molar-refractivity contribution in [2.45, 2.75) is 0 Å². The van der Waals surface area contributed by atoms with Gasteiger partial charge in [-0.25, -0.2) is 0 Å². The predicted octanol–water partition coefficient (Wildman–Crippen LogP) is 2.70. The molecule has 0 spiro atoms. The van der Waals surface area contributed by atoms with Crippen molar-refractivity contribution in [3.05, 3.63) is 28.2 Å². The first-order valence-electron chi connectivity index (χ1n) is 5.25. The number of nitrogens with zero attached hydrogens (tertiary/aromatic N) is 1. The fourth-order valence-corrected chi connectivity index (χ4v) is 2.06. The maximum absolute atomic E-state index is 6.06. The van der Waals surface area contributed by atoms with Gasteiger partial charge in [-0.3, -0.25) is 4.90 Å².